The predicted molar refractivity (Wildman–Crippen MR) is 95.5 cm³/mol. The molecule has 0 spiro atoms. The molecule has 0 radical (unpaired) electrons. The van der Waals surface area contributed by atoms with Crippen LogP contribution >= 0.6 is 0 Å². The first kappa shape index (κ1) is 20.4. The van der Waals surface area contributed by atoms with Gasteiger partial charge in [-0.1, -0.05) is 89.6 Å². The summed E-state index contributed by atoms with van der Waals surface area (Å²) in [7, 11) is -0.115. The van der Waals surface area contributed by atoms with Crippen LogP contribution in [-0.2, 0) is 9.53 Å². The van der Waals surface area contributed by atoms with Crippen LogP contribution in [0.15, 0.2) is 12.2 Å². The summed E-state index contributed by atoms with van der Waals surface area (Å²) in [5, 5.41) is 0. The van der Waals surface area contributed by atoms with Crippen molar-refractivity contribution >= 4 is 14.0 Å². The molecule has 0 rings (SSSR count). The normalized spacial score (nSPS) is 13.6. The molecule has 0 aliphatic rings. The summed E-state index contributed by atoms with van der Waals surface area (Å²) in [5.74, 6) is 0.00285. The molecular formula is C18H36O2Si. The van der Waals surface area contributed by atoms with Crippen LogP contribution in [0.1, 0.15) is 66.2 Å². The molecule has 0 aromatic rings. The molecule has 0 bridgehead atoms. The van der Waals surface area contributed by atoms with Crippen LogP contribution in [0.4, 0.5) is 0 Å². The van der Waals surface area contributed by atoms with Gasteiger partial charge < -0.3 is 4.74 Å². The molecule has 0 heterocycles. The number of allylic oxidation sites excluding steroid dienone is 1. The zero-order valence-electron chi connectivity index (χ0n) is 14.9. The highest BCUT2D eigenvalue weighted by Crippen LogP contribution is 2.40. The van der Waals surface area contributed by atoms with Crippen molar-refractivity contribution < 1.29 is 9.53 Å². The molecule has 0 fully saturated rings. The van der Waals surface area contributed by atoms with Gasteiger partial charge in [0, 0.05) is 0 Å². The van der Waals surface area contributed by atoms with Crippen molar-refractivity contribution in [1.82, 2.24) is 0 Å². The van der Waals surface area contributed by atoms with Gasteiger partial charge >= 0.3 is 5.97 Å². The average Bonchev–Trinajstić information content (AvgIpc) is 2.52. The van der Waals surface area contributed by atoms with Gasteiger partial charge in [-0.3, -0.25) is 4.79 Å². The monoisotopic (exact) mass is 312 g/mol. The predicted octanol–water partition coefficient (Wildman–Crippen LogP) is 5.95. The minimum absolute atomic E-state index is 0.00285. The smallest absolute Gasteiger partial charge is 0.309 e. The molecule has 0 aliphatic carbocycles. The van der Waals surface area contributed by atoms with E-state index in [1.54, 1.807) is 0 Å². The van der Waals surface area contributed by atoms with Gasteiger partial charge in [-0.2, -0.15) is 0 Å². The maximum Gasteiger partial charge on any atom is 0.309 e. The topological polar surface area (TPSA) is 26.3 Å². The Morgan fingerprint density at radius 2 is 1.43 bits per heavy atom. The average molecular weight is 313 g/mol. The van der Waals surface area contributed by atoms with Crippen molar-refractivity contribution in [1.29, 1.82) is 0 Å². The quantitative estimate of drug-likeness (QED) is 0.253. The lowest BCUT2D eigenvalue weighted by atomic mass is 10.3. The van der Waals surface area contributed by atoms with E-state index >= 15 is 0 Å². The molecule has 0 amide bonds. The van der Waals surface area contributed by atoms with Gasteiger partial charge in [0.05, 0.1) is 20.7 Å². The molecular weight excluding hydrogens is 276 g/mol. The Morgan fingerprint density at radius 1 is 1.00 bits per heavy atom. The van der Waals surface area contributed by atoms with E-state index in [1.807, 2.05) is 13.0 Å². The van der Waals surface area contributed by atoms with E-state index < -0.39 is 8.07 Å². The van der Waals surface area contributed by atoms with E-state index in [9.17, 15) is 4.79 Å². The Morgan fingerprint density at radius 3 is 1.71 bits per heavy atom. The second-order valence-electron chi connectivity index (χ2n) is 6.20. The lowest BCUT2D eigenvalue weighted by molar-refractivity contribution is -0.139. The fraction of sp³-hybridized carbons (Fsp3) is 0.833. The molecule has 0 aromatic heterocycles. The van der Waals surface area contributed by atoms with Gasteiger partial charge in [-0.05, 0) is 6.92 Å². The third-order valence-electron chi connectivity index (χ3n) is 4.58. The van der Waals surface area contributed by atoms with Crippen molar-refractivity contribution in [3.8, 4) is 0 Å². The molecule has 0 aromatic carbocycles. The van der Waals surface area contributed by atoms with E-state index in [0.717, 1.165) is 0 Å². The Balaban J connectivity index is 5.44. The first-order valence-corrected chi connectivity index (χ1v) is 11.5. The summed E-state index contributed by atoms with van der Waals surface area (Å²) in [6.07, 6.45) is 11.6. The van der Waals surface area contributed by atoms with Gasteiger partial charge in [-0.25, -0.2) is 0 Å². The third kappa shape index (κ3) is 6.81. The van der Waals surface area contributed by atoms with E-state index in [4.69, 9.17) is 4.74 Å². The van der Waals surface area contributed by atoms with Gasteiger partial charge in [0.15, 0.2) is 0 Å². The van der Waals surface area contributed by atoms with Crippen LogP contribution in [0.3, 0.4) is 0 Å². The summed E-state index contributed by atoms with van der Waals surface area (Å²) in [6.45, 7) is 8.78. The maximum absolute atomic E-state index is 12.4. The first-order valence-electron chi connectivity index (χ1n) is 8.82. The van der Waals surface area contributed by atoms with Crippen molar-refractivity contribution in [2.24, 2.45) is 0 Å². The van der Waals surface area contributed by atoms with Gasteiger partial charge in [0.1, 0.15) is 0 Å². The van der Waals surface area contributed by atoms with E-state index in [1.165, 1.54) is 63.8 Å². The number of hydrogen-bond acceptors (Lipinski definition) is 2. The number of rotatable bonds is 12. The van der Waals surface area contributed by atoms with Gasteiger partial charge in [-0.15, -0.1) is 0 Å². The summed E-state index contributed by atoms with van der Waals surface area (Å²) in [5.41, 5.74) is 0.0529. The van der Waals surface area contributed by atoms with Crippen LogP contribution in [0.5, 0.6) is 0 Å². The standard InChI is InChI=1S/C18H36O2Si/c1-6-10-14-21(15-11-7-2,16-12-8-3)17(13-9-4)18(19)20-5/h9,13,17H,6-8,10-12,14-16H2,1-5H3/b13-9+/t17-/m1/s1. The molecule has 0 aliphatic heterocycles. The van der Waals surface area contributed by atoms with Crippen LogP contribution < -0.4 is 0 Å². The van der Waals surface area contributed by atoms with Crippen LogP contribution in [0.2, 0.25) is 23.7 Å². The maximum atomic E-state index is 12.4. The number of ether oxygens (including phenoxy) is 1. The number of carbonyl (C=O) groups is 1. The fourth-order valence-corrected chi connectivity index (χ4v) is 9.35. The number of hydrogen-bond donors (Lipinski definition) is 0. The molecule has 3 heteroatoms. The van der Waals surface area contributed by atoms with Crippen molar-refractivity contribution in [3.63, 3.8) is 0 Å². The molecule has 124 valence electrons. The summed E-state index contributed by atoms with van der Waals surface area (Å²) >= 11 is 0. The molecule has 21 heavy (non-hydrogen) atoms. The van der Waals surface area contributed by atoms with Crippen LogP contribution in [0.25, 0.3) is 0 Å². The minimum Gasteiger partial charge on any atom is -0.469 e. The zero-order valence-corrected chi connectivity index (χ0v) is 15.9. The Bertz CT molecular complexity index is 278. The summed E-state index contributed by atoms with van der Waals surface area (Å²) in [6, 6.07) is 3.81. The second kappa shape index (κ2) is 12.0. The molecule has 0 saturated heterocycles. The lowest BCUT2D eigenvalue weighted by Crippen LogP contribution is -2.43. The minimum atomic E-state index is -1.65. The fourth-order valence-electron chi connectivity index (χ4n) is 3.28. The number of carbonyl (C=O) groups excluding carboxylic acids is 1. The van der Waals surface area contributed by atoms with Gasteiger partial charge in [0.25, 0.3) is 0 Å². The van der Waals surface area contributed by atoms with E-state index in [-0.39, 0.29) is 11.5 Å². The zero-order chi connectivity index (χ0) is 16.1. The molecule has 0 saturated carbocycles. The van der Waals surface area contributed by atoms with Gasteiger partial charge in [0.2, 0.25) is 0 Å². The molecule has 0 unspecified atom stereocenters. The largest absolute Gasteiger partial charge is 0.469 e. The van der Waals surface area contributed by atoms with Crippen molar-refractivity contribution in [3.05, 3.63) is 12.2 Å². The summed E-state index contributed by atoms with van der Waals surface area (Å²) in [4.78, 5) is 12.4. The SMILES string of the molecule is C/C=C/[C@H](C(=O)OC)[Si](CCCC)(CCCC)CCCC. The van der Waals surface area contributed by atoms with Crippen molar-refractivity contribution in [2.75, 3.05) is 7.11 Å². The van der Waals surface area contributed by atoms with E-state index in [2.05, 4.69) is 26.8 Å². The van der Waals surface area contributed by atoms with Crippen molar-refractivity contribution in [2.45, 2.75) is 89.9 Å². The Hall–Kier alpha value is -0.573. The number of esters is 1. The highest BCUT2D eigenvalue weighted by molar-refractivity contribution is 6.84. The third-order valence-corrected chi connectivity index (χ3v) is 10.4. The Labute approximate surface area is 133 Å². The first-order chi connectivity index (χ1) is 10.1. The van der Waals surface area contributed by atoms with E-state index in [0.29, 0.717) is 0 Å². The second-order valence-corrected chi connectivity index (χ2v) is 11.0. The molecule has 0 N–H and O–H groups in total. The Kier molecular flexibility index (Phi) is 11.7. The van der Waals surface area contributed by atoms with Crippen LogP contribution in [-0.4, -0.2) is 21.2 Å². The molecule has 2 nitrogen and oxygen atoms in total. The lowest BCUT2D eigenvalue weighted by Gasteiger charge is -2.37. The highest BCUT2D eigenvalue weighted by atomic mass is 28.3. The molecule has 1 atom stereocenters. The van der Waals surface area contributed by atoms with Crippen LogP contribution in [0, 0.1) is 0 Å². The number of unbranched alkanes of at least 4 members (excludes halogenated alkanes) is 3. The summed E-state index contributed by atoms with van der Waals surface area (Å²) < 4.78 is 5.16. The highest BCUT2D eigenvalue weighted by Gasteiger charge is 2.42. The number of methoxy groups -OCH3 is 1.